The predicted octanol–water partition coefficient (Wildman–Crippen LogP) is 5.54. The van der Waals surface area contributed by atoms with Gasteiger partial charge < -0.3 is 4.74 Å². The number of rotatable bonds is 2. The molecule has 2 aromatic carbocycles. The lowest BCUT2D eigenvalue weighted by Crippen LogP contribution is -2.19. The van der Waals surface area contributed by atoms with Crippen molar-refractivity contribution in [1.29, 1.82) is 0 Å². The lowest BCUT2D eigenvalue weighted by atomic mass is 9.79. The van der Waals surface area contributed by atoms with E-state index in [-0.39, 0.29) is 16.6 Å². The van der Waals surface area contributed by atoms with Crippen LogP contribution in [0.25, 0.3) is 0 Å². The fraction of sp³-hybridized carbons (Fsp3) is 0.381. The number of halogens is 1. The minimum Gasteiger partial charge on any atom is -0.492 e. The SMILES string of the molecule is CC(C)(C)c1cc(C(=O)c2ccccc2Cl)cc2c1OCC2(C)C. The van der Waals surface area contributed by atoms with Crippen molar-refractivity contribution in [2.45, 2.75) is 45.4 Å². The van der Waals surface area contributed by atoms with Crippen LogP contribution in [0.4, 0.5) is 0 Å². The highest BCUT2D eigenvalue weighted by Crippen LogP contribution is 2.45. The van der Waals surface area contributed by atoms with Gasteiger partial charge in [0.2, 0.25) is 0 Å². The Morgan fingerprint density at radius 3 is 2.46 bits per heavy atom. The van der Waals surface area contributed by atoms with Crippen molar-refractivity contribution in [1.82, 2.24) is 0 Å². The quantitative estimate of drug-likeness (QED) is 0.670. The molecule has 24 heavy (non-hydrogen) atoms. The molecular formula is C21H23ClO2. The normalized spacial score (nSPS) is 15.8. The van der Waals surface area contributed by atoms with Gasteiger partial charge in [0.05, 0.1) is 11.6 Å². The fourth-order valence-corrected chi connectivity index (χ4v) is 3.33. The van der Waals surface area contributed by atoms with Gasteiger partial charge in [0.15, 0.2) is 5.78 Å². The summed E-state index contributed by atoms with van der Waals surface area (Å²) in [6, 6.07) is 11.1. The molecule has 126 valence electrons. The number of fused-ring (bicyclic) bond motifs is 1. The third kappa shape index (κ3) is 2.84. The van der Waals surface area contributed by atoms with E-state index < -0.39 is 0 Å². The Morgan fingerprint density at radius 2 is 1.83 bits per heavy atom. The van der Waals surface area contributed by atoms with E-state index in [2.05, 4.69) is 34.6 Å². The molecule has 2 nitrogen and oxygen atoms in total. The number of carbonyl (C=O) groups is 1. The molecular weight excluding hydrogens is 320 g/mol. The number of ether oxygens (including phenoxy) is 1. The molecule has 3 rings (SSSR count). The van der Waals surface area contributed by atoms with Gasteiger partial charge in [0.1, 0.15) is 5.75 Å². The van der Waals surface area contributed by atoms with E-state index in [1.54, 1.807) is 12.1 Å². The van der Waals surface area contributed by atoms with Crippen molar-refractivity contribution in [3.63, 3.8) is 0 Å². The van der Waals surface area contributed by atoms with Crippen molar-refractivity contribution in [3.8, 4) is 5.75 Å². The molecule has 0 radical (unpaired) electrons. The van der Waals surface area contributed by atoms with Crippen LogP contribution in [-0.2, 0) is 10.8 Å². The Labute approximate surface area is 148 Å². The van der Waals surface area contributed by atoms with Gasteiger partial charge in [-0.25, -0.2) is 0 Å². The first-order valence-corrected chi connectivity index (χ1v) is 8.60. The van der Waals surface area contributed by atoms with Crippen LogP contribution in [0.2, 0.25) is 5.02 Å². The van der Waals surface area contributed by atoms with Crippen LogP contribution in [0.15, 0.2) is 36.4 Å². The molecule has 0 amide bonds. The molecule has 1 aliphatic heterocycles. The predicted molar refractivity (Wildman–Crippen MR) is 98.5 cm³/mol. The van der Waals surface area contributed by atoms with Crippen molar-refractivity contribution < 1.29 is 9.53 Å². The summed E-state index contributed by atoms with van der Waals surface area (Å²) in [5, 5.41) is 0.482. The highest BCUT2D eigenvalue weighted by Gasteiger charge is 2.37. The first kappa shape index (κ1) is 17.0. The van der Waals surface area contributed by atoms with Crippen molar-refractivity contribution in [3.05, 3.63) is 63.7 Å². The van der Waals surface area contributed by atoms with Gasteiger partial charge >= 0.3 is 0 Å². The van der Waals surface area contributed by atoms with Crippen molar-refractivity contribution in [2.75, 3.05) is 6.61 Å². The van der Waals surface area contributed by atoms with Gasteiger partial charge in [-0.15, -0.1) is 0 Å². The molecule has 3 heteroatoms. The van der Waals surface area contributed by atoms with Crippen LogP contribution in [0, 0.1) is 0 Å². The summed E-state index contributed by atoms with van der Waals surface area (Å²) in [7, 11) is 0. The maximum atomic E-state index is 13.0. The van der Waals surface area contributed by atoms with Crippen LogP contribution in [0.1, 0.15) is 61.7 Å². The molecule has 0 N–H and O–H groups in total. The van der Waals surface area contributed by atoms with E-state index in [0.717, 1.165) is 16.9 Å². The van der Waals surface area contributed by atoms with Gasteiger partial charge in [-0.05, 0) is 29.7 Å². The van der Waals surface area contributed by atoms with E-state index in [9.17, 15) is 4.79 Å². The van der Waals surface area contributed by atoms with E-state index in [4.69, 9.17) is 16.3 Å². The minimum absolute atomic E-state index is 0.0448. The van der Waals surface area contributed by atoms with Crippen molar-refractivity contribution >= 4 is 17.4 Å². The van der Waals surface area contributed by atoms with Crippen LogP contribution in [0.3, 0.4) is 0 Å². The van der Waals surface area contributed by atoms with E-state index in [1.807, 2.05) is 24.3 Å². The molecule has 1 aliphatic rings. The van der Waals surface area contributed by atoms with Crippen molar-refractivity contribution in [2.24, 2.45) is 0 Å². The number of carbonyl (C=O) groups excluding carboxylic acids is 1. The zero-order valence-electron chi connectivity index (χ0n) is 14.9. The third-order valence-corrected chi connectivity index (χ3v) is 4.91. The minimum atomic E-state index is -0.110. The van der Waals surface area contributed by atoms with Crippen LogP contribution >= 0.6 is 11.6 Å². The molecule has 0 fully saturated rings. The molecule has 0 spiro atoms. The van der Waals surface area contributed by atoms with E-state index >= 15 is 0 Å². The van der Waals surface area contributed by atoms with Gasteiger partial charge in [-0.2, -0.15) is 0 Å². The fourth-order valence-electron chi connectivity index (χ4n) is 3.11. The summed E-state index contributed by atoms with van der Waals surface area (Å²) in [5.74, 6) is 0.889. The van der Waals surface area contributed by atoms with Gasteiger partial charge in [0, 0.05) is 27.7 Å². The molecule has 2 aromatic rings. The molecule has 0 bridgehead atoms. The first-order chi connectivity index (χ1) is 11.1. The van der Waals surface area contributed by atoms with Crippen LogP contribution < -0.4 is 4.74 Å². The summed E-state index contributed by atoms with van der Waals surface area (Å²) in [4.78, 5) is 13.0. The third-order valence-electron chi connectivity index (χ3n) is 4.58. The number of hydrogen-bond donors (Lipinski definition) is 0. The monoisotopic (exact) mass is 342 g/mol. The maximum Gasteiger partial charge on any atom is 0.194 e. The van der Waals surface area contributed by atoms with E-state index in [1.165, 1.54) is 0 Å². The lowest BCUT2D eigenvalue weighted by Gasteiger charge is -2.24. The second kappa shape index (κ2) is 5.63. The lowest BCUT2D eigenvalue weighted by molar-refractivity contribution is 0.103. The topological polar surface area (TPSA) is 26.3 Å². The van der Waals surface area contributed by atoms with Gasteiger partial charge in [-0.1, -0.05) is 58.4 Å². The number of hydrogen-bond acceptors (Lipinski definition) is 2. The summed E-state index contributed by atoms with van der Waals surface area (Å²) in [6.45, 7) is 11.3. The van der Waals surface area contributed by atoms with Crippen LogP contribution in [0.5, 0.6) is 5.75 Å². The molecule has 1 heterocycles. The smallest absolute Gasteiger partial charge is 0.194 e. The number of ketones is 1. The molecule has 0 saturated heterocycles. The molecule has 0 aromatic heterocycles. The standard InChI is InChI=1S/C21H23ClO2/c1-20(2,3)15-10-13(11-16-19(15)24-12-21(16,4)5)18(23)14-8-6-7-9-17(14)22/h6-11H,12H2,1-5H3. The summed E-state index contributed by atoms with van der Waals surface area (Å²) in [5.41, 5.74) is 3.17. The van der Waals surface area contributed by atoms with Gasteiger partial charge in [-0.3, -0.25) is 4.79 Å². The molecule has 0 unspecified atom stereocenters. The van der Waals surface area contributed by atoms with Gasteiger partial charge in [0.25, 0.3) is 0 Å². The molecule has 0 saturated carbocycles. The highest BCUT2D eigenvalue weighted by molar-refractivity contribution is 6.35. The van der Waals surface area contributed by atoms with E-state index in [0.29, 0.717) is 22.8 Å². The Morgan fingerprint density at radius 1 is 1.17 bits per heavy atom. The summed E-state index contributed by atoms with van der Waals surface area (Å²) in [6.07, 6.45) is 0. The number of benzene rings is 2. The Balaban J connectivity index is 2.20. The summed E-state index contributed by atoms with van der Waals surface area (Å²) < 4.78 is 6.00. The Hall–Kier alpha value is -1.80. The first-order valence-electron chi connectivity index (χ1n) is 8.22. The summed E-state index contributed by atoms with van der Waals surface area (Å²) >= 11 is 6.23. The van der Waals surface area contributed by atoms with Crippen LogP contribution in [-0.4, -0.2) is 12.4 Å². The second-order valence-electron chi connectivity index (χ2n) is 8.13. The second-order valence-corrected chi connectivity index (χ2v) is 8.54. The Kier molecular flexibility index (Phi) is 4.00. The average Bonchev–Trinajstić information content (AvgIpc) is 2.81. The Bertz CT molecular complexity index is 813. The average molecular weight is 343 g/mol. The maximum absolute atomic E-state index is 13.0. The largest absolute Gasteiger partial charge is 0.492 e. The zero-order chi connectivity index (χ0) is 17.7. The zero-order valence-corrected chi connectivity index (χ0v) is 15.6. The molecule has 0 atom stereocenters. The highest BCUT2D eigenvalue weighted by atomic mass is 35.5. The molecule has 0 aliphatic carbocycles.